The van der Waals surface area contributed by atoms with Crippen molar-refractivity contribution in [3.8, 4) is 0 Å². The molecule has 1 unspecified atom stereocenters. The summed E-state index contributed by atoms with van der Waals surface area (Å²) in [7, 11) is -1.24. The average molecular weight is 372 g/mol. The van der Waals surface area contributed by atoms with Crippen molar-refractivity contribution in [1.29, 1.82) is 0 Å². The second kappa shape index (κ2) is 7.00. The predicted molar refractivity (Wildman–Crippen MR) is 100 cm³/mol. The van der Waals surface area contributed by atoms with Crippen LogP contribution in [0.1, 0.15) is 15.9 Å². The summed E-state index contributed by atoms with van der Waals surface area (Å²) in [5.74, 6) is 0.451. The molecule has 1 fully saturated rings. The molecule has 26 heavy (non-hydrogen) atoms. The number of piperazine rings is 1. The first-order valence-corrected chi connectivity index (χ1v) is 10.0. The first-order valence-electron chi connectivity index (χ1n) is 8.46. The zero-order valence-electron chi connectivity index (χ0n) is 14.4. The van der Waals surface area contributed by atoms with E-state index in [2.05, 4.69) is 30.8 Å². The van der Waals surface area contributed by atoms with Crippen molar-refractivity contribution in [1.82, 2.24) is 20.6 Å². The van der Waals surface area contributed by atoms with Crippen molar-refractivity contribution in [3.63, 3.8) is 0 Å². The van der Waals surface area contributed by atoms with Gasteiger partial charge in [-0.2, -0.15) is 0 Å². The molecule has 0 bridgehead atoms. The molecular weight excluding hydrogens is 352 g/mol. The van der Waals surface area contributed by atoms with Gasteiger partial charge in [0.25, 0.3) is 5.91 Å². The van der Waals surface area contributed by atoms with Crippen LogP contribution in [0.3, 0.4) is 0 Å². The largest absolute Gasteiger partial charge is 0.368 e. The predicted octanol–water partition coefficient (Wildman–Crippen LogP) is 0.611. The van der Waals surface area contributed by atoms with Crippen LogP contribution in [0.2, 0.25) is 0 Å². The summed E-state index contributed by atoms with van der Waals surface area (Å²) >= 11 is 0. The summed E-state index contributed by atoms with van der Waals surface area (Å²) < 4.78 is 11.8. The van der Waals surface area contributed by atoms with Gasteiger partial charge in [0.05, 0.1) is 40.1 Å². The third-order valence-electron chi connectivity index (χ3n) is 4.56. The Bertz CT molecular complexity index is 864. The molecule has 0 saturated carbocycles. The normalized spacial score (nSPS) is 17.6. The zero-order valence-corrected chi connectivity index (χ0v) is 15.2. The number of rotatable bonds is 4. The molecule has 3 N–H and O–H groups in total. The lowest BCUT2D eigenvalue weighted by atomic mass is 10.1. The number of amides is 1. The van der Waals surface area contributed by atoms with E-state index < -0.39 is 10.8 Å². The molecule has 0 aromatic carbocycles. The SMILES string of the molecule is CS(=O)c1ncc(Nc2ccc(N3CCNCC3)cn2)c2c1CNC2=O. The van der Waals surface area contributed by atoms with E-state index in [-0.39, 0.29) is 5.91 Å². The number of hydrogen-bond acceptors (Lipinski definition) is 7. The minimum atomic E-state index is -1.24. The third-order valence-corrected chi connectivity index (χ3v) is 5.45. The van der Waals surface area contributed by atoms with Gasteiger partial charge in [-0.05, 0) is 12.1 Å². The van der Waals surface area contributed by atoms with Crippen LogP contribution >= 0.6 is 0 Å². The second-order valence-electron chi connectivity index (χ2n) is 6.23. The summed E-state index contributed by atoms with van der Waals surface area (Å²) in [6.45, 7) is 4.21. The van der Waals surface area contributed by atoms with Gasteiger partial charge in [-0.25, -0.2) is 9.97 Å². The second-order valence-corrected chi connectivity index (χ2v) is 7.53. The summed E-state index contributed by atoms with van der Waals surface area (Å²) in [5.41, 5.74) is 2.85. The van der Waals surface area contributed by atoms with Crippen LogP contribution in [-0.2, 0) is 17.3 Å². The van der Waals surface area contributed by atoms with Crippen LogP contribution in [0.5, 0.6) is 0 Å². The van der Waals surface area contributed by atoms with Crippen LogP contribution < -0.4 is 20.9 Å². The number of hydrogen-bond donors (Lipinski definition) is 3. The van der Waals surface area contributed by atoms with Crippen LogP contribution in [0.25, 0.3) is 0 Å². The fourth-order valence-corrected chi connectivity index (χ4v) is 3.99. The molecule has 0 aliphatic carbocycles. The van der Waals surface area contributed by atoms with Gasteiger partial charge in [-0.3, -0.25) is 9.00 Å². The number of carbonyl (C=O) groups excluding carboxylic acids is 1. The van der Waals surface area contributed by atoms with E-state index in [9.17, 15) is 9.00 Å². The van der Waals surface area contributed by atoms with Gasteiger partial charge in [-0.1, -0.05) is 0 Å². The number of aromatic nitrogens is 2. The highest BCUT2D eigenvalue weighted by Crippen LogP contribution is 2.29. The Morgan fingerprint density at radius 1 is 1.19 bits per heavy atom. The molecule has 1 amide bonds. The lowest BCUT2D eigenvalue weighted by molar-refractivity contribution is 0.0966. The summed E-state index contributed by atoms with van der Waals surface area (Å²) in [5, 5.41) is 9.72. The molecule has 4 heterocycles. The quantitative estimate of drug-likeness (QED) is 0.723. The van der Waals surface area contributed by atoms with Gasteiger partial charge >= 0.3 is 0 Å². The zero-order chi connectivity index (χ0) is 18.1. The Kier molecular flexibility index (Phi) is 4.56. The Hall–Kier alpha value is -2.52. The van der Waals surface area contributed by atoms with Crippen molar-refractivity contribution in [2.24, 2.45) is 0 Å². The summed E-state index contributed by atoms with van der Waals surface area (Å²) in [6, 6.07) is 3.91. The van der Waals surface area contributed by atoms with E-state index in [0.717, 1.165) is 31.9 Å². The standard InChI is InChI=1S/C17H20N6O2S/c1-26(25)17-12-9-20-16(24)15(12)13(10-21-17)22-14-3-2-11(8-19-14)23-6-4-18-5-7-23/h2-3,8,10,18H,4-7,9H2,1H3,(H,19,22)(H,20,24). The maximum atomic E-state index is 12.2. The van der Waals surface area contributed by atoms with Crippen molar-refractivity contribution < 1.29 is 9.00 Å². The molecule has 2 aromatic rings. The molecule has 9 heteroatoms. The Balaban J connectivity index is 1.59. The number of nitrogens with zero attached hydrogens (tertiary/aromatic N) is 3. The van der Waals surface area contributed by atoms with Crippen LogP contribution in [0.15, 0.2) is 29.6 Å². The van der Waals surface area contributed by atoms with Crippen molar-refractivity contribution in [2.45, 2.75) is 11.6 Å². The monoisotopic (exact) mass is 372 g/mol. The lowest BCUT2D eigenvalue weighted by Crippen LogP contribution is -2.43. The highest BCUT2D eigenvalue weighted by Gasteiger charge is 2.28. The highest BCUT2D eigenvalue weighted by atomic mass is 32.2. The van der Waals surface area contributed by atoms with E-state index in [4.69, 9.17) is 0 Å². The Labute approximate surface area is 153 Å². The topological polar surface area (TPSA) is 99.2 Å². The van der Waals surface area contributed by atoms with Gasteiger partial charge in [-0.15, -0.1) is 0 Å². The fraction of sp³-hybridized carbons (Fsp3) is 0.353. The average Bonchev–Trinajstić information content (AvgIpc) is 3.05. The van der Waals surface area contributed by atoms with E-state index in [0.29, 0.717) is 34.2 Å². The molecule has 1 saturated heterocycles. The highest BCUT2D eigenvalue weighted by molar-refractivity contribution is 7.84. The minimum absolute atomic E-state index is 0.186. The van der Waals surface area contributed by atoms with E-state index >= 15 is 0 Å². The smallest absolute Gasteiger partial charge is 0.254 e. The van der Waals surface area contributed by atoms with Crippen molar-refractivity contribution >= 4 is 33.9 Å². The third kappa shape index (κ3) is 3.15. The van der Waals surface area contributed by atoms with Gasteiger partial charge in [0, 0.05) is 44.5 Å². The molecule has 1 atom stereocenters. The minimum Gasteiger partial charge on any atom is -0.368 e. The number of nitrogens with one attached hydrogen (secondary N) is 3. The van der Waals surface area contributed by atoms with E-state index in [1.165, 1.54) is 0 Å². The Morgan fingerprint density at radius 3 is 2.69 bits per heavy atom. The van der Waals surface area contributed by atoms with Crippen LogP contribution in [0.4, 0.5) is 17.2 Å². The molecule has 0 spiro atoms. The molecule has 136 valence electrons. The first kappa shape index (κ1) is 16.9. The number of pyridine rings is 2. The van der Waals surface area contributed by atoms with Crippen molar-refractivity contribution in [3.05, 3.63) is 35.7 Å². The lowest BCUT2D eigenvalue weighted by Gasteiger charge is -2.29. The van der Waals surface area contributed by atoms with Gasteiger partial charge < -0.3 is 20.9 Å². The number of carbonyl (C=O) groups is 1. The van der Waals surface area contributed by atoms with Crippen LogP contribution in [-0.4, -0.2) is 52.5 Å². The number of fused-ring (bicyclic) bond motifs is 1. The van der Waals surface area contributed by atoms with Gasteiger partial charge in [0.15, 0.2) is 0 Å². The Morgan fingerprint density at radius 2 is 2.00 bits per heavy atom. The molecular formula is C17H20N6O2S. The molecule has 0 radical (unpaired) electrons. The number of anilines is 3. The molecule has 2 aromatic heterocycles. The van der Waals surface area contributed by atoms with Gasteiger partial charge in [0.2, 0.25) is 0 Å². The maximum Gasteiger partial charge on any atom is 0.254 e. The first-order chi connectivity index (χ1) is 12.6. The maximum absolute atomic E-state index is 12.2. The van der Waals surface area contributed by atoms with E-state index in [1.807, 2.05) is 18.3 Å². The van der Waals surface area contributed by atoms with Crippen molar-refractivity contribution in [2.75, 3.05) is 42.7 Å². The molecule has 8 nitrogen and oxygen atoms in total. The summed E-state index contributed by atoms with van der Waals surface area (Å²) in [4.78, 5) is 23.2. The molecule has 2 aliphatic rings. The summed E-state index contributed by atoms with van der Waals surface area (Å²) in [6.07, 6.45) is 4.94. The fourth-order valence-electron chi connectivity index (χ4n) is 3.27. The van der Waals surface area contributed by atoms with E-state index in [1.54, 1.807) is 12.5 Å². The molecule has 2 aliphatic heterocycles. The van der Waals surface area contributed by atoms with Crippen LogP contribution in [0, 0.1) is 0 Å². The van der Waals surface area contributed by atoms with Gasteiger partial charge in [0.1, 0.15) is 10.8 Å². The molecule has 4 rings (SSSR count).